The van der Waals surface area contributed by atoms with E-state index < -0.39 is 11.7 Å². The summed E-state index contributed by atoms with van der Waals surface area (Å²) in [5.41, 5.74) is 1.46. The van der Waals surface area contributed by atoms with Crippen molar-refractivity contribution < 1.29 is 17.6 Å². The molecule has 2 heterocycles. The lowest BCUT2D eigenvalue weighted by Crippen LogP contribution is -2.04. The molecule has 152 valence electrons. The molecule has 0 spiro atoms. The van der Waals surface area contributed by atoms with E-state index in [-0.39, 0.29) is 23.4 Å². The van der Waals surface area contributed by atoms with Crippen LogP contribution >= 0.6 is 0 Å². The third-order valence-electron chi connectivity index (χ3n) is 5.19. The van der Waals surface area contributed by atoms with Crippen LogP contribution in [0.25, 0.3) is 10.9 Å². The van der Waals surface area contributed by atoms with E-state index in [1.165, 1.54) is 18.2 Å². The molecule has 2 N–H and O–H groups in total. The van der Waals surface area contributed by atoms with Crippen molar-refractivity contribution in [2.75, 3.05) is 5.32 Å². The molecule has 6 nitrogen and oxygen atoms in total. The lowest BCUT2D eigenvalue weighted by molar-refractivity contribution is -0.137. The van der Waals surface area contributed by atoms with E-state index in [1.54, 1.807) is 6.07 Å². The second-order valence-electron chi connectivity index (χ2n) is 7.26. The Labute approximate surface area is 167 Å². The van der Waals surface area contributed by atoms with E-state index in [0.717, 1.165) is 35.0 Å². The Kier molecular flexibility index (Phi) is 4.12. The molecule has 1 aliphatic rings. The summed E-state index contributed by atoms with van der Waals surface area (Å²) in [4.78, 5) is 14.2. The van der Waals surface area contributed by atoms with Crippen molar-refractivity contribution in [1.82, 2.24) is 15.2 Å². The molecule has 0 bridgehead atoms. The first-order valence-corrected chi connectivity index (χ1v) is 9.27. The zero-order valence-corrected chi connectivity index (χ0v) is 15.4. The summed E-state index contributed by atoms with van der Waals surface area (Å²) in [5.74, 6) is 0.803. The lowest BCUT2D eigenvalue weighted by Gasteiger charge is -2.07. The monoisotopic (exact) mass is 412 g/mol. The van der Waals surface area contributed by atoms with Crippen LogP contribution in [0.3, 0.4) is 0 Å². The molecule has 5 rings (SSSR count). The molecule has 4 aromatic rings. The molecule has 9 heteroatoms. The molecule has 1 saturated carbocycles. The van der Waals surface area contributed by atoms with Crippen LogP contribution < -0.4 is 10.9 Å². The molecule has 0 aliphatic heterocycles. The first-order chi connectivity index (χ1) is 14.4. The average Bonchev–Trinajstić information content (AvgIpc) is 3.38. The molecule has 1 aliphatic carbocycles. The number of H-pyrrole nitrogens is 1. The molecule has 1 fully saturated rings. The minimum atomic E-state index is -4.38. The maximum atomic E-state index is 12.6. The second kappa shape index (κ2) is 6.72. The zero-order chi connectivity index (χ0) is 20.9. The van der Waals surface area contributed by atoms with Gasteiger partial charge in [-0.2, -0.15) is 13.2 Å². The van der Waals surface area contributed by atoms with Crippen LogP contribution in [0.15, 0.2) is 63.8 Å². The van der Waals surface area contributed by atoms with Crippen LogP contribution in [-0.2, 0) is 6.18 Å². The molecule has 0 radical (unpaired) electrons. The topological polar surface area (TPSA) is 83.8 Å². The van der Waals surface area contributed by atoms with Crippen molar-refractivity contribution in [3.8, 4) is 0 Å². The summed E-state index contributed by atoms with van der Waals surface area (Å²) in [6.07, 6.45) is -3.52. The van der Waals surface area contributed by atoms with E-state index >= 15 is 0 Å². The quantitative estimate of drug-likeness (QED) is 0.496. The number of aromatic nitrogens is 3. The number of nitrogens with zero attached hydrogens (tertiary/aromatic N) is 2. The SMILES string of the molecule is O=c1ccc2cc([C@@H]3C[C@H]3c3nnc(Nc4ccc(C(F)(F)F)cc4)o3)ccc2[nH]1. The summed E-state index contributed by atoms with van der Waals surface area (Å²) in [7, 11) is 0. The first-order valence-electron chi connectivity index (χ1n) is 9.27. The van der Waals surface area contributed by atoms with Crippen LogP contribution in [0.5, 0.6) is 0 Å². The van der Waals surface area contributed by atoms with Crippen LogP contribution in [0.2, 0.25) is 0 Å². The second-order valence-corrected chi connectivity index (χ2v) is 7.26. The molecule has 2 aromatic carbocycles. The molecule has 0 amide bonds. The summed E-state index contributed by atoms with van der Waals surface area (Å²) < 4.78 is 43.6. The third kappa shape index (κ3) is 3.54. The Hall–Kier alpha value is -3.62. The number of hydrogen-bond donors (Lipinski definition) is 2. The number of benzene rings is 2. The molecular weight excluding hydrogens is 397 g/mol. The van der Waals surface area contributed by atoms with E-state index in [0.29, 0.717) is 11.6 Å². The van der Waals surface area contributed by atoms with Gasteiger partial charge in [-0.3, -0.25) is 4.79 Å². The predicted octanol–water partition coefficient (Wildman–Crippen LogP) is 4.94. The Morgan fingerprint density at radius 3 is 2.57 bits per heavy atom. The van der Waals surface area contributed by atoms with Gasteiger partial charge < -0.3 is 14.7 Å². The molecule has 2 aromatic heterocycles. The van der Waals surface area contributed by atoms with Crippen LogP contribution in [-0.4, -0.2) is 15.2 Å². The maximum Gasteiger partial charge on any atom is 0.416 e. The minimum absolute atomic E-state index is 0.0841. The van der Waals surface area contributed by atoms with Crippen molar-refractivity contribution in [1.29, 1.82) is 0 Å². The number of anilines is 2. The summed E-state index contributed by atoms with van der Waals surface area (Å²) in [5, 5.41) is 11.8. The van der Waals surface area contributed by atoms with Crippen molar-refractivity contribution in [2.24, 2.45) is 0 Å². The number of aromatic amines is 1. The van der Waals surface area contributed by atoms with Gasteiger partial charge in [-0.1, -0.05) is 11.2 Å². The van der Waals surface area contributed by atoms with Gasteiger partial charge in [0.2, 0.25) is 11.4 Å². The molecule has 0 saturated heterocycles. The van der Waals surface area contributed by atoms with E-state index in [9.17, 15) is 18.0 Å². The fraction of sp³-hybridized carbons (Fsp3) is 0.190. The van der Waals surface area contributed by atoms with E-state index in [4.69, 9.17) is 4.42 Å². The molecule has 0 unspecified atom stereocenters. The third-order valence-corrected chi connectivity index (χ3v) is 5.19. The molecule has 2 atom stereocenters. The number of fused-ring (bicyclic) bond motifs is 1. The first kappa shape index (κ1) is 18.4. The number of pyridine rings is 1. The number of hydrogen-bond acceptors (Lipinski definition) is 5. The Morgan fingerprint density at radius 1 is 1.00 bits per heavy atom. The highest BCUT2D eigenvalue weighted by molar-refractivity contribution is 5.79. The number of rotatable bonds is 4. The Bertz CT molecular complexity index is 1280. The predicted molar refractivity (Wildman–Crippen MR) is 104 cm³/mol. The number of halogens is 3. The van der Waals surface area contributed by atoms with Crippen molar-refractivity contribution >= 4 is 22.6 Å². The summed E-state index contributed by atoms with van der Waals surface area (Å²) in [6, 6.07) is 13.9. The zero-order valence-electron chi connectivity index (χ0n) is 15.4. The van der Waals surface area contributed by atoms with Gasteiger partial charge in [0, 0.05) is 23.2 Å². The van der Waals surface area contributed by atoms with Crippen molar-refractivity contribution in [3.05, 3.63) is 82.0 Å². The smallest absolute Gasteiger partial charge is 0.408 e. The van der Waals surface area contributed by atoms with Gasteiger partial charge >= 0.3 is 12.2 Å². The van der Waals surface area contributed by atoms with Gasteiger partial charge in [-0.15, -0.1) is 5.10 Å². The van der Waals surface area contributed by atoms with Gasteiger partial charge in [-0.25, -0.2) is 0 Å². The highest BCUT2D eigenvalue weighted by Gasteiger charge is 2.43. The molecule has 30 heavy (non-hydrogen) atoms. The maximum absolute atomic E-state index is 12.6. The minimum Gasteiger partial charge on any atom is -0.408 e. The highest BCUT2D eigenvalue weighted by Crippen LogP contribution is 2.54. The van der Waals surface area contributed by atoms with Crippen LogP contribution in [0.4, 0.5) is 24.9 Å². The highest BCUT2D eigenvalue weighted by atomic mass is 19.4. The van der Waals surface area contributed by atoms with Gasteiger partial charge in [0.15, 0.2) is 0 Å². The van der Waals surface area contributed by atoms with E-state index in [2.05, 4.69) is 20.5 Å². The standard InChI is InChI=1S/C21H15F3N4O2/c22-21(23,24)13-3-5-14(6-4-13)25-20-28-27-19(30-20)16-10-15(16)11-1-7-17-12(9-11)2-8-18(29)26-17/h1-9,15-16H,10H2,(H,25,28)(H,26,29)/t15-,16+/m0/s1. The fourth-order valence-corrected chi connectivity index (χ4v) is 3.54. The summed E-state index contributed by atoms with van der Waals surface area (Å²) in [6.45, 7) is 0. The van der Waals surface area contributed by atoms with Crippen molar-refractivity contribution in [2.45, 2.75) is 24.4 Å². The van der Waals surface area contributed by atoms with E-state index in [1.807, 2.05) is 18.2 Å². The number of nitrogens with one attached hydrogen (secondary N) is 2. The van der Waals surface area contributed by atoms with Gasteiger partial charge in [-0.05, 0) is 65.8 Å². The number of alkyl halides is 3. The van der Waals surface area contributed by atoms with Crippen LogP contribution in [0, 0.1) is 0 Å². The summed E-state index contributed by atoms with van der Waals surface area (Å²) >= 11 is 0. The lowest BCUT2D eigenvalue weighted by atomic mass is 10.1. The normalized spacial score (nSPS) is 18.5. The Balaban J connectivity index is 1.28. The van der Waals surface area contributed by atoms with Crippen LogP contribution in [0.1, 0.15) is 35.3 Å². The Morgan fingerprint density at radius 2 is 1.80 bits per heavy atom. The largest absolute Gasteiger partial charge is 0.416 e. The fourth-order valence-electron chi connectivity index (χ4n) is 3.54. The molecular formula is C21H15F3N4O2. The van der Waals surface area contributed by atoms with Gasteiger partial charge in [0.1, 0.15) is 0 Å². The van der Waals surface area contributed by atoms with Gasteiger partial charge in [0.25, 0.3) is 0 Å². The van der Waals surface area contributed by atoms with Gasteiger partial charge in [0.05, 0.1) is 5.56 Å². The average molecular weight is 412 g/mol. The van der Waals surface area contributed by atoms with Crippen molar-refractivity contribution in [3.63, 3.8) is 0 Å².